The van der Waals surface area contributed by atoms with Crippen LogP contribution in [0.4, 0.5) is 10.6 Å². The maximum Gasteiger partial charge on any atom is 0.412 e. The molecule has 2 rings (SSSR count). The van der Waals surface area contributed by atoms with E-state index in [0.29, 0.717) is 6.54 Å². The lowest BCUT2D eigenvalue weighted by molar-refractivity contribution is -0.122. The summed E-state index contributed by atoms with van der Waals surface area (Å²) in [5, 5.41) is 13.0. The predicted octanol–water partition coefficient (Wildman–Crippen LogP) is 1.17. The van der Waals surface area contributed by atoms with Gasteiger partial charge >= 0.3 is 6.09 Å². The Morgan fingerprint density at radius 1 is 1.33 bits per heavy atom. The third-order valence-corrected chi connectivity index (χ3v) is 2.95. The van der Waals surface area contributed by atoms with Crippen molar-refractivity contribution in [2.24, 2.45) is 0 Å². The smallest absolute Gasteiger partial charge is 0.412 e. The fourth-order valence-corrected chi connectivity index (χ4v) is 1.87. The van der Waals surface area contributed by atoms with Crippen LogP contribution in [0.1, 0.15) is 12.5 Å². The van der Waals surface area contributed by atoms with Crippen LogP contribution in [0.3, 0.4) is 0 Å². The first-order chi connectivity index (χ1) is 11.6. The van der Waals surface area contributed by atoms with Gasteiger partial charge in [-0.05, 0) is 24.6 Å². The van der Waals surface area contributed by atoms with Crippen LogP contribution in [0, 0.1) is 0 Å². The topological polar surface area (TPSA) is 107 Å². The number of hydrogen-bond acceptors (Lipinski definition) is 6. The van der Waals surface area contributed by atoms with Gasteiger partial charge in [-0.25, -0.2) is 4.79 Å². The molecule has 2 aromatic rings. The number of nitrogens with zero attached hydrogens (tertiary/aromatic N) is 3. The molecule has 0 bridgehead atoms. The Bertz CT molecular complexity index is 701. The summed E-state index contributed by atoms with van der Waals surface area (Å²) in [4.78, 5) is 24.4. The number of aromatic nitrogens is 3. The van der Waals surface area contributed by atoms with Gasteiger partial charge in [0.1, 0.15) is 12.3 Å². The summed E-state index contributed by atoms with van der Waals surface area (Å²) in [5.41, 5.74) is 0.917. The molecule has 0 fully saturated rings. The zero-order chi connectivity index (χ0) is 17.4. The molecule has 0 spiro atoms. The van der Waals surface area contributed by atoms with Crippen LogP contribution in [0.15, 0.2) is 30.5 Å². The molecule has 0 saturated heterocycles. The molecule has 2 N–H and O–H groups in total. The standard InChI is InChI=1S/C15H19N5O4/c1-3-24-15(22)18-13-9-17-20(19-13)10-14(21)16-8-11-5-4-6-12(7-11)23-2/h4-7,9H,3,8,10H2,1-2H3,(H,16,21)(H,18,19,22). The van der Waals surface area contributed by atoms with Gasteiger partial charge < -0.3 is 14.8 Å². The minimum absolute atomic E-state index is 0.0610. The summed E-state index contributed by atoms with van der Waals surface area (Å²) >= 11 is 0. The highest BCUT2D eigenvalue weighted by atomic mass is 16.5. The van der Waals surface area contributed by atoms with E-state index in [4.69, 9.17) is 9.47 Å². The van der Waals surface area contributed by atoms with Crippen molar-refractivity contribution in [2.45, 2.75) is 20.0 Å². The first-order valence-electron chi connectivity index (χ1n) is 7.34. The van der Waals surface area contributed by atoms with Crippen LogP contribution in [-0.4, -0.2) is 40.7 Å². The normalized spacial score (nSPS) is 10.1. The Morgan fingerprint density at radius 3 is 2.92 bits per heavy atom. The molecule has 1 aromatic heterocycles. The van der Waals surface area contributed by atoms with Crippen LogP contribution in [0.25, 0.3) is 0 Å². The summed E-state index contributed by atoms with van der Waals surface area (Å²) in [6.45, 7) is 2.26. The molecule has 0 aliphatic carbocycles. The van der Waals surface area contributed by atoms with Gasteiger partial charge in [0.15, 0.2) is 5.82 Å². The maximum atomic E-state index is 11.9. The van der Waals surface area contributed by atoms with Crippen LogP contribution >= 0.6 is 0 Å². The van der Waals surface area contributed by atoms with Crippen LogP contribution in [0.5, 0.6) is 5.75 Å². The molecule has 24 heavy (non-hydrogen) atoms. The molecule has 0 aliphatic rings. The second kappa shape index (κ2) is 8.51. The second-order valence-electron chi connectivity index (χ2n) is 4.73. The van der Waals surface area contributed by atoms with Gasteiger partial charge in [0.25, 0.3) is 0 Å². The number of amides is 2. The average molecular weight is 333 g/mol. The molecular weight excluding hydrogens is 314 g/mol. The van der Waals surface area contributed by atoms with E-state index in [-0.39, 0.29) is 24.9 Å². The summed E-state index contributed by atoms with van der Waals surface area (Å²) in [6, 6.07) is 7.41. The molecule has 0 aliphatic heterocycles. The minimum Gasteiger partial charge on any atom is -0.497 e. The molecule has 2 amide bonds. The molecule has 9 heteroatoms. The van der Waals surface area contributed by atoms with Gasteiger partial charge in [0, 0.05) is 6.54 Å². The lowest BCUT2D eigenvalue weighted by Gasteiger charge is -2.06. The van der Waals surface area contributed by atoms with E-state index < -0.39 is 6.09 Å². The van der Waals surface area contributed by atoms with Crippen molar-refractivity contribution < 1.29 is 19.1 Å². The van der Waals surface area contributed by atoms with Crippen LogP contribution in [-0.2, 0) is 22.6 Å². The van der Waals surface area contributed by atoms with Crippen molar-refractivity contribution in [1.82, 2.24) is 20.3 Å². The molecule has 9 nitrogen and oxygen atoms in total. The number of nitrogens with one attached hydrogen (secondary N) is 2. The third kappa shape index (κ3) is 5.27. The second-order valence-corrected chi connectivity index (χ2v) is 4.73. The Balaban J connectivity index is 1.82. The van der Waals surface area contributed by atoms with Crippen molar-refractivity contribution in [3.8, 4) is 5.75 Å². The van der Waals surface area contributed by atoms with Crippen LogP contribution in [0.2, 0.25) is 0 Å². The Hall–Kier alpha value is -3.10. The summed E-state index contributed by atoms with van der Waals surface area (Å²) in [7, 11) is 1.59. The summed E-state index contributed by atoms with van der Waals surface area (Å²) in [5.74, 6) is 0.690. The zero-order valence-electron chi connectivity index (χ0n) is 13.5. The number of carbonyl (C=O) groups is 2. The fourth-order valence-electron chi connectivity index (χ4n) is 1.87. The van der Waals surface area contributed by atoms with Crippen molar-refractivity contribution in [3.05, 3.63) is 36.0 Å². The SMILES string of the molecule is CCOC(=O)Nc1cnn(CC(=O)NCc2cccc(OC)c2)n1. The summed E-state index contributed by atoms with van der Waals surface area (Å²) < 4.78 is 9.85. The number of methoxy groups -OCH3 is 1. The van der Waals surface area contributed by atoms with E-state index in [9.17, 15) is 9.59 Å². The minimum atomic E-state index is -0.618. The molecule has 128 valence electrons. The average Bonchev–Trinajstić information content (AvgIpc) is 3.00. The highest BCUT2D eigenvalue weighted by molar-refractivity contribution is 5.83. The van der Waals surface area contributed by atoms with Gasteiger partial charge in [-0.15, -0.1) is 5.10 Å². The van der Waals surface area contributed by atoms with Gasteiger partial charge in [-0.3, -0.25) is 10.1 Å². The highest BCUT2D eigenvalue weighted by Crippen LogP contribution is 2.12. The molecule has 1 heterocycles. The number of rotatable bonds is 7. The molecule has 0 unspecified atom stereocenters. The first kappa shape index (κ1) is 17.3. The Kier molecular flexibility index (Phi) is 6.12. The van der Waals surface area contributed by atoms with Gasteiger partial charge in [-0.2, -0.15) is 9.90 Å². The monoisotopic (exact) mass is 333 g/mol. The van der Waals surface area contributed by atoms with E-state index in [2.05, 4.69) is 20.8 Å². The number of carbonyl (C=O) groups excluding carboxylic acids is 2. The number of anilines is 1. The van der Waals surface area contributed by atoms with Crippen molar-refractivity contribution in [3.63, 3.8) is 0 Å². The number of benzene rings is 1. The Morgan fingerprint density at radius 2 is 2.17 bits per heavy atom. The van der Waals surface area contributed by atoms with Crippen molar-refractivity contribution in [1.29, 1.82) is 0 Å². The van der Waals surface area contributed by atoms with E-state index in [0.717, 1.165) is 11.3 Å². The zero-order valence-corrected chi connectivity index (χ0v) is 13.5. The largest absolute Gasteiger partial charge is 0.497 e. The highest BCUT2D eigenvalue weighted by Gasteiger charge is 2.09. The quantitative estimate of drug-likeness (QED) is 0.787. The lowest BCUT2D eigenvalue weighted by atomic mass is 10.2. The molecule has 0 atom stereocenters. The van der Waals surface area contributed by atoms with Gasteiger partial charge in [0.2, 0.25) is 5.91 Å². The number of hydrogen-bond donors (Lipinski definition) is 2. The maximum absolute atomic E-state index is 11.9. The molecular formula is C15H19N5O4. The molecule has 1 aromatic carbocycles. The van der Waals surface area contributed by atoms with E-state index >= 15 is 0 Å². The van der Waals surface area contributed by atoms with E-state index in [1.807, 2.05) is 24.3 Å². The predicted molar refractivity (Wildman–Crippen MR) is 85.5 cm³/mol. The van der Waals surface area contributed by atoms with E-state index in [1.165, 1.54) is 11.0 Å². The molecule has 0 radical (unpaired) electrons. The third-order valence-electron chi connectivity index (χ3n) is 2.95. The Labute approximate surface area is 138 Å². The van der Waals surface area contributed by atoms with Gasteiger partial charge in [-0.1, -0.05) is 12.1 Å². The van der Waals surface area contributed by atoms with Crippen LogP contribution < -0.4 is 15.4 Å². The lowest BCUT2D eigenvalue weighted by Crippen LogP contribution is -2.28. The summed E-state index contributed by atoms with van der Waals surface area (Å²) in [6.07, 6.45) is 0.721. The first-order valence-corrected chi connectivity index (χ1v) is 7.34. The van der Waals surface area contributed by atoms with E-state index in [1.54, 1.807) is 14.0 Å². The number of ether oxygens (including phenoxy) is 2. The van der Waals surface area contributed by atoms with Crippen molar-refractivity contribution >= 4 is 17.8 Å². The van der Waals surface area contributed by atoms with Gasteiger partial charge in [0.05, 0.1) is 19.9 Å². The molecule has 0 saturated carbocycles. The fraction of sp³-hybridized carbons (Fsp3) is 0.333. The van der Waals surface area contributed by atoms with Crippen molar-refractivity contribution in [2.75, 3.05) is 19.0 Å².